The van der Waals surface area contributed by atoms with Gasteiger partial charge in [0.1, 0.15) is 12.0 Å². The molecule has 0 heterocycles. The summed E-state index contributed by atoms with van der Waals surface area (Å²) in [6.07, 6.45) is 0.816. The number of rotatable bonds is 2. The van der Waals surface area contributed by atoms with E-state index in [9.17, 15) is 9.90 Å². The van der Waals surface area contributed by atoms with Crippen LogP contribution >= 0.6 is 15.9 Å². The highest BCUT2D eigenvalue weighted by Crippen LogP contribution is 2.29. The van der Waals surface area contributed by atoms with E-state index in [0.717, 1.165) is 17.4 Å². The van der Waals surface area contributed by atoms with Crippen LogP contribution in [-0.4, -0.2) is 11.4 Å². The highest BCUT2D eigenvalue weighted by atomic mass is 79.9. The molecule has 1 N–H and O–H groups in total. The SMILES string of the molecule is O=Cc1ccc(-c2ccc(O)c(Br)c2)cc1. The number of halogens is 1. The van der Waals surface area contributed by atoms with Gasteiger partial charge in [0.05, 0.1) is 4.47 Å². The summed E-state index contributed by atoms with van der Waals surface area (Å²) in [7, 11) is 0. The monoisotopic (exact) mass is 276 g/mol. The molecule has 16 heavy (non-hydrogen) atoms. The van der Waals surface area contributed by atoms with Crippen molar-refractivity contribution in [3.05, 3.63) is 52.5 Å². The predicted molar refractivity (Wildman–Crippen MR) is 66.6 cm³/mol. The Morgan fingerprint density at radius 1 is 1.00 bits per heavy atom. The van der Waals surface area contributed by atoms with Crippen molar-refractivity contribution in [2.45, 2.75) is 0 Å². The Morgan fingerprint density at radius 2 is 1.62 bits per heavy atom. The number of hydrogen-bond acceptors (Lipinski definition) is 2. The van der Waals surface area contributed by atoms with E-state index in [1.807, 2.05) is 24.3 Å². The molecule has 80 valence electrons. The first-order chi connectivity index (χ1) is 7.70. The lowest BCUT2D eigenvalue weighted by Crippen LogP contribution is -1.81. The lowest BCUT2D eigenvalue weighted by Gasteiger charge is -2.03. The van der Waals surface area contributed by atoms with E-state index >= 15 is 0 Å². The van der Waals surface area contributed by atoms with E-state index in [0.29, 0.717) is 10.0 Å². The van der Waals surface area contributed by atoms with E-state index in [1.54, 1.807) is 18.2 Å². The molecule has 0 atom stereocenters. The van der Waals surface area contributed by atoms with E-state index in [-0.39, 0.29) is 5.75 Å². The summed E-state index contributed by atoms with van der Waals surface area (Å²) in [5.41, 5.74) is 2.65. The molecule has 2 nitrogen and oxygen atoms in total. The maximum atomic E-state index is 10.5. The van der Waals surface area contributed by atoms with Crippen LogP contribution in [-0.2, 0) is 0 Å². The Morgan fingerprint density at radius 3 is 2.19 bits per heavy atom. The molecule has 0 amide bonds. The van der Waals surface area contributed by atoms with Gasteiger partial charge >= 0.3 is 0 Å². The van der Waals surface area contributed by atoms with Crippen LogP contribution < -0.4 is 0 Å². The first-order valence-electron chi connectivity index (χ1n) is 4.75. The number of aromatic hydroxyl groups is 1. The Bertz CT molecular complexity index is 518. The summed E-state index contributed by atoms with van der Waals surface area (Å²) in [6, 6.07) is 12.6. The van der Waals surface area contributed by atoms with Gasteiger partial charge in [-0.3, -0.25) is 4.79 Å². The summed E-state index contributed by atoms with van der Waals surface area (Å²) < 4.78 is 0.657. The zero-order valence-electron chi connectivity index (χ0n) is 8.35. The van der Waals surface area contributed by atoms with Gasteiger partial charge < -0.3 is 5.11 Å². The number of carbonyl (C=O) groups excluding carboxylic acids is 1. The van der Waals surface area contributed by atoms with Crippen LogP contribution in [0.25, 0.3) is 11.1 Å². The first-order valence-corrected chi connectivity index (χ1v) is 5.54. The fourth-order valence-corrected chi connectivity index (χ4v) is 1.82. The van der Waals surface area contributed by atoms with Crippen molar-refractivity contribution in [1.82, 2.24) is 0 Å². The average Bonchev–Trinajstić information content (AvgIpc) is 2.33. The van der Waals surface area contributed by atoms with Crippen LogP contribution in [0.3, 0.4) is 0 Å². The van der Waals surface area contributed by atoms with Crippen molar-refractivity contribution in [2.75, 3.05) is 0 Å². The van der Waals surface area contributed by atoms with Gasteiger partial charge in [-0.05, 0) is 39.2 Å². The highest BCUT2D eigenvalue weighted by molar-refractivity contribution is 9.10. The molecule has 0 bridgehead atoms. The zero-order valence-corrected chi connectivity index (χ0v) is 9.94. The maximum absolute atomic E-state index is 10.5. The minimum Gasteiger partial charge on any atom is -0.507 e. The molecule has 0 aromatic heterocycles. The summed E-state index contributed by atoms with van der Waals surface area (Å²) in [5.74, 6) is 0.216. The van der Waals surface area contributed by atoms with Gasteiger partial charge in [-0.15, -0.1) is 0 Å². The van der Waals surface area contributed by atoms with Crippen molar-refractivity contribution >= 4 is 22.2 Å². The number of carbonyl (C=O) groups is 1. The quantitative estimate of drug-likeness (QED) is 0.851. The zero-order chi connectivity index (χ0) is 11.5. The number of phenolic OH excluding ortho intramolecular Hbond substituents is 1. The van der Waals surface area contributed by atoms with Crippen LogP contribution in [0.2, 0.25) is 0 Å². The topological polar surface area (TPSA) is 37.3 Å². The third-order valence-corrected chi connectivity index (χ3v) is 2.96. The molecule has 0 aliphatic carbocycles. The minimum atomic E-state index is 0.216. The summed E-state index contributed by atoms with van der Waals surface area (Å²) in [4.78, 5) is 10.5. The van der Waals surface area contributed by atoms with E-state index in [1.165, 1.54) is 0 Å². The Balaban J connectivity index is 2.42. The molecular formula is C13H9BrO2. The molecule has 0 aliphatic heterocycles. The second-order valence-corrected chi connectivity index (χ2v) is 4.26. The van der Waals surface area contributed by atoms with Crippen LogP contribution in [0.5, 0.6) is 5.75 Å². The maximum Gasteiger partial charge on any atom is 0.150 e. The third kappa shape index (κ3) is 2.14. The van der Waals surface area contributed by atoms with Crippen molar-refractivity contribution in [2.24, 2.45) is 0 Å². The van der Waals surface area contributed by atoms with Crippen LogP contribution in [0, 0.1) is 0 Å². The number of phenols is 1. The van der Waals surface area contributed by atoms with E-state index < -0.39 is 0 Å². The highest BCUT2D eigenvalue weighted by Gasteiger charge is 2.02. The fraction of sp³-hybridized carbons (Fsp3) is 0. The van der Waals surface area contributed by atoms with Gasteiger partial charge in [-0.1, -0.05) is 30.3 Å². The lowest BCUT2D eigenvalue weighted by atomic mass is 10.0. The molecule has 0 aliphatic rings. The normalized spacial score (nSPS) is 10.1. The Hall–Kier alpha value is -1.61. The van der Waals surface area contributed by atoms with Crippen molar-refractivity contribution in [1.29, 1.82) is 0 Å². The lowest BCUT2D eigenvalue weighted by molar-refractivity contribution is 0.112. The number of aldehydes is 1. The summed E-state index contributed by atoms with van der Waals surface area (Å²) in [5, 5.41) is 9.38. The van der Waals surface area contributed by atoms with Gasteiger partial charge in [0, 0.05) is 5.56 Å². The molecule has 2 rings (SSSR count). The fourth-order valence-electron chi connectivity index (χ4n) is 1.44. The molecule has 0 spiro atoms. The molecule has 0 unspecified atom stereocenters. The van der Waals surface area contributed by atoms with Crippen molar-refractivity contribution < 1.29 is 9.90 Å². The summed E-state index contributed by atoms with van der Waals surface area (Å²) in [6.45, 7) is 0. The van der Waals surface area contributed by atoms with Gasteiger partial charge in [0.25, 0.3) is 0 Å². The van der Waals surface area contributed by atoms with Gasteiger partial charge in [0.2, 0.25) is 0 Å². The minimum absolute atomic E-state index is 0.216. The van der Waals surface area contributed by atoms with E-state index in [2.05, 4.69) is 15.9 Å². The smallest absolute Gasteiger partial charge is 0.150 e. The van der Waals surface area contributed by atoms with Gasteiger partial charge in [0.15, 0.2) is 0 Å². The second kappa shape index (κ2) is 4.49. The molecule has 2 aromatic rings. The van der Waals surface area contributed by atoms with Gasteiger partial charge in [-0.25, -0.2) is 0 Å². The molecular weight excluding hydrogens is 268 g/mol. The Kier molecular flexibility index (Phi) is 3.06. The molecule has 0 fully saturated rings. The third-order valence-electron chi connectivity index (χ3n) is 2.33. The van der Waals surface area contributed by atoms with Crippen LogP contribution in [0.15, 0.2) is 46.9 Å². The summed E-state index contributed by atoms with van der Waals surface area (Å²) >= 11 is 3.27. The van der Waals surface area contributed by atoms with Crippen LogP contribution in [0.1, 0.15) is 10.4 Å². The molecule has 2 aromatic carbocycles. The molecule has 0 radical (unpaired) electrons. The average molecular weight is 277 g/mol. The number of hydrogen-bond donors (Lipinski definition) is 1. The van der Waals surface area contributed by atoms with Crippen molar-refractivity contribution in [3.63, 3.8) is 0 Å². The van der Waals surface area contributed by atoms with E-state index in [4.69, 9.17) is 0 Å². The standard InChI is InChI=1S/C13H9BrO2/c14-12-7-11(5-6-13(12)16)10-3-1-9(8-15)2-4-10/h1-8,16H. The largest absolute Gasteiger partial charge is 0.507 e. The number of benzene rings is 2. The predicted octanol–water partition coefficient (Wildman–Crippen LogP) is 3.63. The Labute approximate surface area is 102 Å². The van der Waals surface area contributed by atoms with Gasteiger partial charge in [-0.2, -0.15) is 0 Å². The molecule has 0 saturated carbocycles. The molecule has 3 heteroatoms. The molecule has 0 saturated heterocycles. The first kappa shape index (κ1) is 10.9. The van der Waals surface area contributed by atoms with Crippen molar-refractivity contribution in [3.8, 4) is 16.9 Å². The second-order valence-electron chi connectivity index (χ2n) is 3.41. The van der Waals surface area contributed by atoms with Crippen LogP contribution in [0.4, 0.5) is 0 Å².